The van der Waals surface area contributed by atoms with Gasteiger partial charge in [-0.3, -0.25) is 19.2 Å². The molecule has 5 atom stereocenters. The number of nitrogens with zero attached hydrogens (tertiary/aromatic N) is 2. The standard InChI is InChI=1S/C19H26F2N4O4/c1-8-15-13(18(27)23-19(28)25(15)9-3-4-9)17(29-2)14(21)16(8)24-5-10(11(20)6-24)12(22)7-26/h8-12,16,26H,3-7,22H2,1-2H3,(H,23,27,28). The quantitative estimate of drug-likeness (QED) is 0.638. The Morgan fingerprint density at radius 3 is 2.62 bits per heavy atom. The Morgan fingerprint density at radius 1 is 1.34 bits per heavy atom. The number of nitrogens with one attached hydrogen (secondary N) is 1. The van der Waals surface area contributed by atoms with E-state index in [1.54, 1.807) is 11.8 Å². The minimum Gasteiger partial charge on any atom is -0.493 e. The number of hydrogen-bond donors (Lipinski definition) is 3. The van der Waals surface area contributed by atoms with Gasteiger partial charge in [-0.25, -0.2) is 13.6 Å². The Labute approximate surface area is 166 Å². The van der Waals surface area contributed by atoms with E-state index in [0.717, 1.165) is 12.8 Å². The van der Waals surface area contributed by atoms with Crippen LogP contribution in [0.1, 0.15) is 43.0 Å². The van der Waals surface area contributed by atoms with Crippen molar-refractivity contribution < 1.29 is 18.6 Å². The van der Waals surface area contributed by atoms with E-state index in [4.69, 9.17) is 10.5 Å². The number of methoxy groups -OCH3 is 1. The van der Waals surface area contributed by atoms with E-state index in [2.05, 4.69) is 4.98 Å². The highest BCUT2D eigenvalue weighted by molar-refractivity contribution is 5.67. The number of fused-ring (bicyclic) bond motifs is 1. The van der Waals surface area contributed by atoms with Crippen LogP contribution in [0.5, 0.6) is 0 Å². The van der Waals surface area contributed by atoms with Crippen molar-refractivity contribution in [2.75, 3.05) is 26.8 Å². The Balaban J connectivity index is 1.83. The maximum absolute atomic E-state index is 15.5. The lowest BCUT2D eigenvalue weighted by atomic mass is 9.85. The number of hydrogen-bond acceptors (Lipinski definition) is 6. The highest BCUT2D eigenvalue weighted by Gasteiger charge is 2.48. The fraction of sp³-hybridized carbons (Fsp3) is 0.684. The molecular weight excluding hydrogens is 386 g/mol. The zero-order valence-electron chi connectivity index (χ0n) is 16.4. The van der Waals surface area contributed by atoms with Crippen LogP contribution in [0.4, 0.5) is 8.78 Å². The number of aromatic nitrogens is 2. The van der Waals surface area contributed by atoms with Crippen LogP contribution in [-0.2, 0) is 4.74 Å². The molecule has 2 aliphatic carbocycles. The lowest BCUT2D eigenvalue weighted by Gasteiger charge is -2.37. The topological polar surface area (TPSA) is 114 Å². The zero-order chi connectivity index (χ0) is 21.0. The number of likely N-dealkylation sites (tertiary alicyclic amines) is 1. The molecular formula is C19H26F2N4O4. The molecule has 0 spiro atoms. The normalized spacial score (nSPS) is 31.1. The first-order chi connectivity index (χ1) is 13.8. The molecule has 1 saturated carbocycles. The molecule has 8 nitrogen and oxygen atoms in total. The molecule has 0 bridgehead atoms. The van der Waals surface area contributed by atoms with E-state index >= 15 is 4.39 Å². The van der Waals surface area contributed by atoms with Crippen LogP contribution >= 0.6 is 0 Å². The number of aliphatic hydroxyl groups excluding tert-OH is 1. The van der Waals surface area contributed by atoms with Crippen LogP contribution in [0.25, 0.3) is 5.76 Å². The molecule has 10 heteroatoms. The van der Waals surface area contributed by atoms with Gasteiger partial charge in [0.2, 0.25) is 0 Å². The number of alkyl halides is 1. The maximum atomic E-state index is 15.5. The van der Waals surface area contributed by atoms with Gasteiger partial charge in [0.1, 0.15) is 11.7 Å². The van der Waals surface area contributed by atoms with Crippen molar-refractivity contribution in [2.45, 2.75) is 50.0 Å². The van der Waals surface area contributed by atoms with Gasteiger partial charge < -0.3 is 15.6 Å². The number of aromatic amines is 1. The van der Waals surface area contributed by atoms with Gasteiger partial charge in [0.15, 0.2) is 11.6 Å². The van der Waals surface area contributed by atoms with E-state index in [1.807, 2.05) is 0 Å². The average molecular weight is 412 g/mol. The smallest absolute Gasteiger partial charge is 0.328 e. The summed E-state index contributed by atoms with van der Waals surface area (Å²) < 4.78 is 36.9. The summed E-state index contributed by atoms with van der Waals surface area (Å²) in [4.78, 5) is 28.9. The fourth-order valence-corrected chi connectivity index (χ4v) is 4.81. The minimum atomic E-state index is -1.31. The van der Waals surface area contributed by atoms with Gasteiger partial charge in [-0.15, -0.1) is 0 Å². The van der Waals surface area contributed by atoms with Crippen LogP contribution in [-0.4, -0.2) is 64.6 Å². The van der Waals surface area contributed by atoms with Crippen LogP contribution in [0.3, 0.4) is 0 Å². The van der Waals surface area contributed by atoms with Gasteiger partial charge in [-0.05, 0) is 12.8 Å². The summed E-state index contributed by atoms with van der Waals surface area (Å²) in [6.07, 6.45) is 0.288. The monoisotopic (exact) mass is 412 g/mol. The number of rotatable bonds is 5. The lowest BCUT2D eigenvalue weighted by Crippen LogP contribution is -2.46. The van der Waals surface area contributed by atoms with Gasteiger partial charge in [0.25, 0.3) is 5.56 Å². The van der Waals surface area contributed by atoms with Crippen LogP contribution in [0.15, 0.2) is 15.4 Å². The molecule has 2 fully saturated rings. The Bertz CT molecular complexity index is 955. The van der Waals surface area contributed by atoms with E-state index in [1.165, 1.54) is 11.7 Å². The third-order valence-corrected chi connectivity index (χ3v) is 6.38. The molecule has 4 N–H and O–H groups in total. The number of ether oxygens (including phenoxy) is 1. The van der Waals surface area contributed by atoms with Crippen molar-refractivity contribution in [2.24, 2.45) is 11.7 Å². The van der Waals surface area contributed by atoms with Gasteiger partial charge in [-0.2, -0.15) is 0 Å². The molecule has 1 aromatic rings. The summed E-state index contributed by atoms with van der Waals surface area (Å²) in [6.45, 7) is 1.48. The Morgan fingerprint density at radius 2 is 2.03 bits per heavy atom. The van der Waals surface area contributed by atoms with Crippen LogP contribution < -0.4 is 17.0 Å². The first-order valence-electron chi connectivity index (χ1n) is 9.87. The summed E-state index contributed by atoms with van der Waals surface area (Å²) in [5.41, 5.74) is 5.07. The molecule has 160 valence electrons. The van der Waals surface area contributed by atoms with E-state index < -0.39 is 47.2 Å². The van der Waals surface area contributed by atoms with Gasteiger partial charge in [0.05, 0.1) is 19.8 Å². The lowest BCUT2D eigenvalue weighted by molar-refractivity contribution is 0.179. The second kappa shape index (κ2) is 7.33. The molecule has 0 radical (unpaired) electrons. The highest BCUT2D eigenvalue weighted by atomic mass is 19.1. The number of halogens is 2. The van der Waals surface area contributed by atoms with Crippen molar-refractivity contribution in [1.29, 1.82) is 0 Å². The van der Waals surface area contributed by atoms with Crippen molar-refractivity contribution in [1.82, 2.24) is 14.5 Å². The average Bonchev–Trinajstić information content (AvgIpc) is 3.44. The molecule has 29 heavy (non-hydrogen) atoms. The van der Waals surface area contributed by atoms with Crippen LogP contribution in [0, 0.1) is 5.92 Å². The molecule has 4 rings (SSSR count). The molecule has 5 unspecified atom stereocenters. The molecule has 1 saturated heterocycles. The minimum absolute atomic E-state index is 0.0276. The number of H-pyrrole nitrogens is 1. The molecule has 1 aliphatic heterocycles. The second-order valence-electron chi connectivity index (χ2n) is 8.22. The summed E-state index contributed by atoms with van der Waals surface area (Å²) in [7, 11) is 1.27. The predicted molar refractivity (Wildman–Crippen MR) is 102 cm³/mol. The molecule has 0 aromatic carbocycles. The molecule has 0 amide bonds. The predicted octanol–water partition coefficient (Wildman–Crippen LogP) is 0.231. The summed E-state index contributed by atoms with van der Waals surface area (Å²) in [5.74, 6) is -2.08. The van der Waals surface area contributed by atoms with Gasteiger partial charge in [0, 0.05) is 42.7 Å². The third-order valence-electron chi connectivity index (χ3n) is 6.38. The SMILES string of the molecule is COC1=C(F)C(N2CC(F)C(C(N)CO)C2)C(C)c2c1c(=O)[nH]c(=O)n2C1CC1. The van der Waals surface area contributed by atoms with E-state index in [9.17, 15) is 19.1 Å². The summed E-state index contributed by atoms with van der Waals surface area (Å²) in [5, 5.41) is 9.30. The van der Waals surface area contributed by atoms with Crippen molar-refractivity contribution in [3.8, 4) is 0 Å². The van der Waals surface area contributed by atoms with Crippen molar-refractivity contribution in [3.05, 3.63) is 37.9 Å². The van der Waals surface area contributed by atoms with E-state index in [0.29, 0.717) is 5.69 Å². The van der Waals surface area contributed by atoms with Gasteiger partial charge in [-0.1, -0.05) is 6.92 Å². The third kappa shape index (κ3) is 3.13. The molecule has 1 aromatic heterocycles. The van der Waals surface area contributed by atoms with E-state index in [-0.39, 0.29) is 37.1 Å². The summed E-state index contributed by atoms with van der Waals surface area (Å²) in [6, 6.07) is -1.68. The molecule has 3 aliphatic rings. The number of nitrogens with two attached hydrogens (primary N) is 1. The number of aliphatic hydroxyl groups is 1. The zero-order valence-corrected chi connectivity index (χ0v) is 16.4. The van der Waals surface area contributed by atoms with Gasteiger partial charge >= 0.3 is 5.69 Å². The Hall–Kier alpha value is -2.04. The maximum Gasteiger partial charge on any atom is 0.328 e. The van der Waals surface area contributed by atoms with Crippen molar-refractivity contribution in [3.63, 3.8) is 0 Å². The van der Waals surface area contributed by atoms with Crippen molar-refractivity contribution >= 4 is 5.76 Å². The Kier molecular flexibility index (Phi) is 5.12. The van der Waals surface area contributed by atoms with Crippen LogP contribution in [0.2, 0.25) is 0 Å². The summed E-state index contributed by atoms with van der Waals surface area (Å²) >= 11 is 0. The first kappa shape index (κ1) is 20.2. The molecule has 2 heterocycles. The fourth-order valence-electron chi connectivity index (χ4n) is 4.81. The largest absolute Gasteiger partial charge is 0.493 e. The second-order valence-corrected chi connectivity index (χ2v) is 8.22. The highest BCUT2D eigenvalue weighted by Crippen LogP contribution is 2.45. The first-order valence-corrected chi connectivity index (χ1v) is 9.87.